The first kappa shape index (κ1) is 11.4. The molecular weight excluding hydrogens is 244 g/mol. The molecule has 1 unspecified atom stereocenters. The number of ether oxygens (including phenoxy) is 1. The van der Waals surface area contributed by atoms with Crippen LogP contribution in [0.1, 0.15) is 5.56 Å². The summed E-state index contributed by atoms with van der Waals surface area (Å²) in [4.78, 5) is 0.861. The van der Waals surface area contributed by atoms with Crippen molar-refractivity contribution in [1.82, 2.24) is 0 Å². The Morgan fingerprint density at radius 3 is 3.00 bits per heavy atom. The number of hydrogen-bond donors (Lipinski definition) is 0. The maximum atomic E-state index is 11.9. The molecule has 0 saturated heterocycles. The highest BCUT2D eigenvalue weighted by atomic mass is 35.5. The highest BCUT2D eigenvalue weighted by molar-refractivity contribution is 7.85. The third-order valence-corrected chi connectivity index (χ3v) is 3.69. The van der Waals surface area contributed by atoms with Crippen LogP contribution in [0, 0.1) is 0 Å². The summed E-state index contributed by atoms with van der Waals surface area (Å²) in [5.74, 6) is 1.10. The summed E-state index contributed by atoms with van der Waals surface area (Å²) in [5, 5.41) is 0.436. The van der Waals surface area contributed by atoms with Crippen LogP contribution >= 0.6 is 11.6 Å². The number of hydrogen-bond acceptors (Lipinski definition) is 2. The van der Waals surface area contributed by atoms with Gasteiger partial charge in [-0.05, 0) is 17.7 Å². The van der Waals surface area contributed by atoms with Gasteiger partial charge in [0.1, 0.15) is 12.4 Å². The van der Waals surface area contributed by atoms with Crippen LogP contribution in [0.4, 0.5) is 0 Å². The Kier molecular flexibility index (Phi) is 3.46. The quantitative estimate of drug-likeness (QED) is 0.829. The van der Waals surface area contributed by atoms with Gasteiger partial charge in [0.25, 0.3) is 0 Å². The fourth-order valence-corrected chi connectivity index (χ4v) is 2.74. The number of benzene rings is 1. The minimum absolute atomic E-state index is 0.257. The molecule has 1 aliphatic rings. The fourth-order valence-electron chi connectivity index (χ4n) is 1.48. The summed E-state index contributed by atoms with van der Waals surface area (Å²) in [6.07, 6.45) is 1.90. The van der Waals surface area contributed by atoms with Crippen LogP contribution in [-0.4, -0.2) is 16.6 Å². The molecule has 0 spiro atoms. The standard InChI is InChI=1S/C12H11ClO2S/c1-9(13)7-15-11-6-10-4-2-3-5-12(10)16(14)8-11/h2-6H,1,7-8H2. The number of halogens is 1. The Balaban J connectivity index is 2.23. The summed E-state index contributed by atoms with van der Waals surface area (Å²) in [6.45, 7) is 3.80. The first-order chi connectivity index (χ1) is 7.66. The van der Waals surface area contributed by atoms with Crippen molar-refractivity contribution in [3.63, 3.8) is 0 Å². The summed E-state index contributed by atoms with van der Waals surface area (Å²) in [6, 6.07) is 7.59. The molecule has 0 amide bonds. The molecule has 1 heterocycles. The van der Waals surface area contributed by atoms with Crippen molar-refractivity contribution in [2.24, 2.45) is 0 Å². The highest BCUT2D eigenvalue weighted by Crippen LogP contribution is 2.24. The average Bonchev–Trinajstić information content (AvgIpc) is 2.26. The van der Waals surface area contributed by atoms with Crippen molar-refractivity contribution in [2.45, 2.75) is 4.90 Å². The van der Waals surface area contributed by atoms with E-state index in [0.29, 0.717) is 16.5 Å². The molecule has 0 bridgehead atoms. The van der Waals surface area contributed by atoms with E-state index in [1.807, 2.05) is 30.3 Å². The van der Waals surface area contributed by atoms with Gasteiger partial charge < -0.3 is 4.74 Å². The molecule has 0 saturated carbocycles. The molecule has 0 radical (unpaired) electrons. The van der Waals surface area contributed by atoms with E-state index >= 15 is 0 Å². The minimum Gasteiger partial charge on any atom is -0.491 e. The molecule has 1 aromatic carbocycles. The lowest BCUT2D eigenvalue weighted by Crippen LogP contribution is -2.11. The van der Waals surface area contributed by atoms with Crippen LogP contribution in [0.5, 0.6) is 0 Å². The molecule has 2 nitrogen and oxygen atoms in total. The summed E-state index contributed by atoms with van der Waals surface area (Å²) < 4.78 is 17.3. The predicted molar refractivity (Wildman–Crippen MR) is 66.6 cm³/mol. The van der Waals surface area contributed by atoms with E-state index in [9.17, 15) is 4.21 Å². The second-order valence-corrected chi connectivity index (χ2v) is 5.40. The van der Waals surface area contributed by atoms with Gasteiger partial charge in [-0.15, -0.1) is 0 Å². The molecule has 0 aliphatic carbocycles. The largest absolute Gasteiger partial charge is 0.491 e. The van der Waals surface area contributed by atoms with Crippen LogP contribution in [0.25, 0.3) is 6.08 Å². The monoisotopic (exact) mass is 254 g/mol. The van der Waals surface area contributed by atoms with Gasteiger partial charge in [-0.25, -0.2) is 0 Å². The van der Waals surface area contributed by atoms with Gasteiger partial charge in [0.05, 0.1) is 16.6 Å². The van der Waals surface area contributed by atoms with Crippen LogP contribution in [0.15, 0.2) is 46.5 Å². The molecule has 1 aliphatic heterocycles. The van der Waals surface area contributed by atoms with Crippen molar-refractivity contribution in [3.8, 4) is 0 Å². The van der Waals surface area contributed by atoms with E-state index in [1.54, 1.807) is 0 Å². The summed E-state index contributed by atoms with van der Waals surface area (Å²) >= 11 is 5.61. The first-order valence-corrected chi connectivity index (χ1v) is 6.50. The van der Waals surface area contributed by atoms with E-state index < -0.39 is 10.8 Å². The van der Waals surface area contributed by atoms with Gasteiger partial charge in [0, 0.05) is 9.93 Å². The Morgan fingerprint density at radius 1 is 1.50 bits per heavy atom. The van der Waals surface area contributed by atoms with Crippen molar-refractivity contribution in [1.29, 1.82) is 0 Å². The fraction of sp³-hybridized carbons (Fsp3) is 0.167. The van der Waals surface area contributed by atoms with Crippen LogP contribution in [0.2, 0.25) is 0 Å². The van der Waals surface area contributed by atoms with Crippen LogP contribution in [0.3, 0.4) is 0 Å². The molecule has 2 rings (SSSR count). The Labute approximate surface area is 102 Å². The lowest BCUT2D eigenvalue weighted by Gasteiger charge is -2.16. The first-order valence-electron chi connectivity index (χ1n) is 4.81. The molecule has 0 aromatic heterocycles. The van der Waals surface area contributed by atoms with E-state index in [1.165, 1.54) is 0 Å². The van der Waals surface area contributed by atoms with E-state index in [0.717, 1.165) is 10.5 Å². The number of rotatable bonds is 3. The molecular formula is C12H11ClO2S. The van der Waals surface area contributed by atoms with Crippen molar-refractivity contribution in [2.75, 3.05) is 12.4 Å². The predicted octanol–water partition coefficient (Wildman–Crippen LogP) is 2.92. The number of fused-ring (bicyclic) bond motifs is 1. The molecule has 16 heavy (non-hydrogen) atoms. The zero-order valence-electron chi connectivity index (χ0n) is 8.61. The van der Waals surface area contributed by atoms with Gasteiger partial charge in [0.15, 0.2) is 0 Å². The van der Waals surface area contributed by atoms with Crippen molar-refractivity contribution >= 4 is 28.5 Å². The van der Waals surface area contributed by atoms with Crippen molar-refractivity contribution in [3.05, 3.63) is 47.2 Å². The van der Waals surface area contributed by atoms with Crippen LogP contribution < -0.4 is 0 Å². The normalized spacial score (nSPS) is 18.6. The zero-order chi connectivity index (χ0) is 11.5. The second kappa shape index (κ2) is 4.85. The molecule has 1 atom stereocenters. The third kappa shape index (κ3) is 2.54. The lowest BCUT2D eigenvalue weighted by molar-refractivity contribution is 0.251. The topological polar surface area (TPSA) is 26.3 Å². The van der Waals surface area contributed by atoms with Gasteiger partial charge >= 0.3 is 0 Å². The second-order valence-electron chi connectivity index (χ2n) is 3.44. The Hall–Kier alpha value is -1.06. The molecule has 0 N–H and O–H groups in total. The molecule has 4 heteroatoms. The van der Waals surface area contributed by atoms with E-state index in [-0.39, 0.29) is 6.61 Å². The summed E-state index contributed by atoms with van der Waals surface area (Å²) in [5.41, 5.74) is 0.947. The Bertz CT molecular complexity index is 480. The van der Waals surface area contributed by atoms with E-state index in [2.05, 4.69) is 6.58 Å². The average molecular weight is 255 g/mol. The van der Waals surface area contributed by atoms with Gasteiger partial charge in [-0.1, -0.05) is 36.4 Å². The van der Waals surface area contributed by atoms with Gasteiger partial charge in [0.2, 0.25) is 0 Å². The SMILES string of the molecule is C=C(Cl)COC1=Cc2ccccc2S(=O)C1. The minimum atomic E-state index is -1.03. The van der Waals surface area contributed by atoms with Gasteiger partial charge in [-0.3, -0.25) is 4.21 Å². The molecule has 0 fully saturated rings. The third-order valence-electron chi connectivity index (χ3n) is 2.17. The van der Waals surface area contributed by atoms with Crippen LogP contribution in [-0.2, 0) is 15.5 Å². The van der Waals surface area contributed by atoms with Gasteiger partial charge in [-0.2, -0.15) is 0 Å². The maximum Gasteiger partial charge on any atom is 0.123 e. The van der Waals surface area contributed by atoms with Crippen molar-refractivity contribution < 1.29 is 8.95 Å². The highest BCUT2D eigenvalue weighted by Gasteiger charge is 2.17. The zero-order valence-corrected chi connectivity index (χ0v) is 10.2. The maximum absolute atomic E-state index is 11.9. The van der Waals surface area contributed by atoms with E-state index in [4.69, 9.17) is 16.3 Å². The Morgan fingerprint density at radius 2 is 2.25 bits per heavy atom. The smallest absolute Gasteiger partial charge is 0.123 e. The summed E-state index contributed by atoms with van der Waals surface area (Å²) in [7, 11) is -1.03. The molecule has 84 valence electrons. The molecule has 1 aromatic rings. The lowest BCUT2D eigenvalue weighted by atomic mass is 10.2.